The number of aliphatic imine (C=N–C) groups is 1. The topological polar surface area (TPSA) is 79.8 Å². The maximum absolute atomic E-state index is 14.8. The van der Waals surface area contributed by atoms with E-state index in [0.29, 0.717) is 36.3 Å². The standard InChI is InChI=1S/C26H25F3N6OS/c1-4-33-25(36)21-24(35-12-20(13(2)3)31-26(33)35)34(11-15-5-7-16(27)10-19(15)29)23(32-21)14-6-8-18(28)17(9-14)22(30)37/h5-10,13,20H,4,11-12H2,1-3H3,(H2,30,37). The van der Waals surface area contributed by atoms with Gasteiger partial charge >= 0.3 is 0 Å². The molecule has 2 N–H and O–H groups in total. The number of rotatable bonds is 6. The van der Waals surface area contributed by atoms with Crippen molar-refractivity contribution >= 4 is 34.9 Å². The Morgan fingerprint density at radius 1 is 1.16 bits per heavy atom. The Kier molecular flexibility index (Phi) is 6.26. The summed E-state index contributed by atoms with van der Waals surface area (Å²) in [7, 11) is 0. The van der Waals surface area contributed by atoms with E-state index in [1.807, 2.05) is 11.8 Å². The molecule has 3 aromatic rings. The number of carbonyl (C=O) groups is 1. The van der Waals surface area contributed by atoms with Crippen molar-refractivity contribution in [3.8, 4) is 11.4 Å². The lowest BCUT2D eigenvalue weighted by Gasteiger charge is -2.33. The SMILES string of the molecule is CCN1C(=O)c2nc(-c3ccc(F)c(C(N)=S)c3)n(Cc3ccc(F)cc3F)c2N2CC(C(C)C)N=C12. The molecule has 0 saturated heterocycles. The first kappa shape index (κ1) is 24.9. The van der Waals surface area contributed by atoms with E-state index >= 15 is 0 Å². The van der Waals surface area contributed by atoms with Gasteiger partial charge in [-0.05, 0) is 37.1 Å². The van der Waals surface area contributed by atoms with Crippen LogP contribution in [0.25, 0.3) is 11.4 Å². The van der Waals surface area contributed by atoms with Gasteiger partial charge in [0.15, 0.2) is 5.69 Å². The van der Waals surface area contributed by atoms with Crippen molar-refractivity contribution in [2.24, 2.45) is 16.6 Å². The first-order chi connectivity index (χ1) is 17.6. The second kappa shape index (κ2) is 9.29. The number of aromatic nitrogens is 2. The number of anilines is 1. The van der Waals surface area contributed by atoms with Crippen LogP contribution in [0.2, 0.25) is 0 Å². The van der Waals surface area contributed by atoms with E-state index in [4.69, 9.17) is 22.9 Å². The number of guanidine groups is 1. The fourth-order valence-electron chi connectivity index (χ4n) is 4.69. The highest BCUT2D eigenvalue weighted by Gasteiger charge is 2.44. The lowest BCUT2D eigenvalue weighted by atomic mass is 10.1. The molecule has 11 heteroatoms. The zero-order chi connectivity index (χ0) is 26.6. The first-order valence-corrected chi connectivity index (χ1v) is 12.3. The molecule has 0 bridgehead atoms. The quantitative estimate of drug-likeness (QED) is 0.484. The minimum Gasteiger partial charge on any atom is -0.389 e. The highest BCUT2D eigenvalue weighted by molar-refractivity contribution is 7.80. The third-order valence-electron chi connectivity index (χ3n) is 6.70. The van der Waals surface area contributed by atoms with Gasteiger partial charge in [-0.15, -0.1) is 0 Å². The van der Waals surface area contributed by atoms with E-state index in [0.717, 1.165) is 6.07 Å². The zero-order valence-electron chi connectivity index (χ0n) is 20.5. The number of halogens is 3. The van der Waals surface area contributed by atoms with Gasteiger partial charge in [0.1, 0.15) is 34.1 Å². The van der Waals surface area contributed by atoms with E-state index < -0.39 is 17.5 Å². The molecule has 37 heavy (non-hydrogen) atoms. The average Bonchev–Trinajstić information content (AvgIpc) is 3.44. The molecule has 2 aliphatic heterocycles. The molecule has 1 amide bonds. The van der Waals surface area contributed by atoms with Crippen LogP contribution in [0.15, 0.2) is 41.4 Å². The molecule has 1 unspecified atom stereocenters. The smallest absolute Gasteiger partial charge is 0.283 e. The summed E-state index contributed by atoms with van der Waals surface area (Å²) in [4.78, 5) is 26.4. The molecule has 0 spiro atoms. The lowest BCUT2D eigenvalue weighted by molar-refractivity contribution is 0.0841. The lowest BCUT2D eigenvalue weighted by Crippen LogP contribution is -2.50. The highest BCUT2D eigenvalue weighted by atomic mass is 32.1. The van der Waals surface area contributed by atoms with Crippen molar-refractivity contribution in [1.82, 2.24) is 14.5 Å². The molecule has 2 aromatic carbocycles. The number of nitrogens with zero attached hydrogens (tertiary/aromatic N) is 5. The van der Waals surface area contributed by atoms with Gasteiger partial charge in [0, 0.05) is 29.3 Å². The van der Waals surface area contributed by atoms with Gasteiger partial charge in [-0.2, -0.15) is 0 Å². The number of thiocarbonyl (C=S) groups is 1. The number of carbonyl (C=O) groups excluding carboxylic acids is 1. The van der Waals surface area contributed by atoms with E-state index in [1.165, 1.54) is 30.3 Å². The van der Waals surface area contributed by atoms with Crippen LogP contribution in [-0.4, -0.2) is 50.4 Å². The van der Waals surface area contributed by atoms with Gasteiger partial charge in [-0.1, -0.05) is 32.1 Å². The van der Waals surface area contributed by atoms with Gasteiger partial charge in [0.05, 0.1) is 19.1 Å². The molecule has 1 aromatic heterocycles. The Balaban J connectivity index is 1.75. The number of imidazole rings is 1. The van der Waals surface area contributed by atoms with E-state index in [1.54, 1.807) is 9.47 Å². The molecular formula is C26H25F3N6OS. The van der Waals surface area contributed by atoms with Crippen LogP contribution in [0, 0.1) is 23.4 Å². The number of fused-ring (bicyclic) bond motifs is 3. The van der Waals surface area contributed by atoms with Crippen LogP contribution < -0.4 is 10.6 Å². The van der Waals surface area contributed by atoms with Crippen LogP contribution in [0.5, 0.6) is 0 Å². The van der Waals surface area contributed by atoms with Crippen molar-refractivity contribution in [2.45, 2.75) is 33.4 Å². The van der Waals surface area contributed by atoms with Gasteiger partial charge < -0.3 is 10.3 Å². The fraction of sp³-hybridized carbons (Fsp3) is 0.308. The van der Waals surface area contributed by atoms with Crippen molar-refractivity contribution < 1.29 is 18.0 Å². The number of amides is 1. The largest absolute Gasteiger partial charge is 0.389 e. The Labute approximate surface area is 217 Å². The maximum Gasteiger partial charge on any atom is 0.283 e. The molecule has 192 valence electrons. The Bertz CT molecular complexity index is 1470. The van der Waals surface area contributed by atoms with Crippen molar-refractivity contribution in [2.75, 3.05) is 18.0 Å². The number of hydrogen-bond donors (Lipinski definition) is 1. The number of nitrogens with two attached hydrogens (primary N) is 1. The summed E-state index contributed by atoms with van der Waals surface area (Å²) in [6, 6.07) is 7.45. The summed E-state index contributed by atoms with van der Waals surface area (Å²) < 4.78 is 44.5. The summed E-state index contributed by atoms with van der Waals surface area (Å²) in [5, 5.41) is 0. The van der Waals surface area contributed by atoms with Crippen molar-refractivity contribution in [3.63, 3.8) is 0 Å². The second-order valence-electron chi connectivity index (χ2n) is 9.39. The van der Waals surface area contributed by atoms with Gasteiger partial charge in [-0.25, -0.2) is 23.1 Å². The molecule has 7 nitrogen and oxygen atoms in total. The highest BCUT2D eigenvalue weighted by Crippen LogP contribution is 2.38. The summed E-state index contributed by atoms with van der Waals surface area (Å²) in [6.45, 7) is 6.79. The zero-order valence-corrected chi connectivity index (χ0v) is 21.3. The second-order valence-corrected chi connectivity index (χ2v) is 9.83. The predicted molar refractivity (Wildman–Crippen MR) is 139 cm³/mol. The third kappa shape index (κ3) is 4.16. The predicted octanol–water partition coefficient (Wildman–Crippen LogP) is 4.33. The molecule has 2 aliphatic rings. The van der Waals surface area contributed by atoms with Gasteiger partial charge in [0.25, 0.3) is 5.91 Å². The van der Waals surface area contributed by atoms with Crippen LogP contribution in [0.4, 0.5) is 19.0 Å². The molecule has 1 atom stereocenters. The number of benzene rings is 2. The van der Waals surface area contributed by atoms with Gasteiger partial charge in [-0.3, -0.25) is 14.6 Å². The fourth-order valence-corrected chi connectivity index (χ4v) is 4.85. The summed E-state index contributed by atoms with van der Waals surface area (Å²) >= 11 is 5.00. The van der Waals surface area contributed by atoms with E-state index in [-0.39, 0.29) is 46.2 Å². The molecular weight excluding hydrogens is 501 g/mol. The molecule has 0 fully saturated rings. The summed E-state index contributed by atoms with van der Waals surface area (Å²) in [5.74, 6) is -0.889. The Morgan fingerprint density at radius 2 is 1.92 bits per heavy atom. The van der Waals surface area contributed by atoms with Crippen molar-refractivity contribution in [1.29, 1.82) is 0 Å². The average molecular weight is 527 g/mol. The normalized spacial score (nSPS) is 16.8. The Hall–Kier alpha value is -3.73. The van der Waals surface area contributed by atoms with Crippen LogP contribution >= 0.6 is 12.2 Å². The number of hydrogen-bond acceptors (Lipinski definition) is 5. The molecule has 0 saturated carbocycles. The van der Waals surface area contributed by atoms with E-state index in [9.17, 15) is 18.0 Å². The molecule has 0 aliphatic carbocycles. The molecule has 5 rings (SSSR count). The molecule has 0 radical (unpaired) electrons. The summed E-state index contributed by atoms with van der Waals surface area (Å²) in [6.07, 6.45) is 0. The Morgan fingerprint density at radius 3 is 2.57 bits per heavy atom. The van der Waals surface area contributed by atoms with Crippen molar-refractivity contribution in [3.05, 3.63) is 70.7 Å². The van der Waals surface area contributed by atoms with Crippen LogP contribution in [0.3, 0.4) is 0 Å². The maximum atomic E-state index is 14.8. The minimum absolute atomic E-state index is 0.0257. The van der Waals surface area contributed by atoms with Gasteiger partial charge in [0.2, 0.25) is 5.96 Å². The molecule has 3 heterocycles. The van der Waals surface area contributed by atoms with Crippen LogP contribution in [-0.2, 0) is 6.54 Å². The first-order valence-electron chi connectivity index (χ1n) is 11.9. The summed E-state index contributed by atoms with van der Waals surface area (Å²) in [5.41, 5.74) is 6.55. The monoisotopic (exact) mass is 526 g/mol. The van der Waals surface area contributed by atoms with E-state index in [2.05, 4.69) is 18.8 Å². The van der Waals surface area contributed by atoms with Crippen LogP contribution in [0.1, 0.15) is 42.4 Å². The third-order valence-corrected chi connectivity index (χ3v) is 6.92. The minimum atomic E-state index is -0.732.